The van der Waals surface area contributed by atoms with Gasteiger partial charge in [0, 0.05) is 5.56 Å². The van der Waals surface area contributed by atoms with Crippen molar-refractivity contribution in [3.63, 3.8) is 0 Å². The topological polar surface area (TPSA) is 108 Å². The Morgan fingerprint density at radius 2 is 1.39 bits per heavy atom. The Morgan fingerprint density at radius 3 is 2.04 bits per heavy atom. The van der Waals surface area contributed by atoms with Gasteiger partial charge in [0.2, 0.25) is 5.36 Å². The van der Waals surface area contributed by atoms with Crippen molar-refractivity contribution in [2.45, 2.75) is 0 Å². The average molecular weight is 400 g/mol. The van der Waals surface area contributed by atoms with Gasteiger partial charge in [-0.2, -0.15) is 0 Å². The van der Waals surface area contributed by atoms with Gasteiger partial charge in [-0.1, -0.05) is 60.7 Å². The smallest absolute Gasteiger partial charge is 0.214 e. The predicted octanol–water partition coefficient (Wildman–Crippen LogP) is -0.471. The van der Waals surface area contributed by atoms with Crippen LogP contribution in [0.3, 0.4) is 0 Å². The summed E-state index contributed by atoms with van der Waals surface area (Å²) in [5, 5.41) is 4.78. The maximum Gasteiger partial charge on any atom is 0.214 e. The highest BCUT2D eigenvalue weighted by Crippen LogP contribution is 2.26. The number of hydrogen-bond donors (Lipinski definition) is 0. The molecule has 0 bridgehead atoms. The summed E-state index contributed by atoms with van der Waals surface area (Å²) < 4.78 is 42.3. The highest BCUT2D eigenvalue weighted by atomic mass is 35.7. The van der Waals surface area contributed by atoms with Crippen molar-refractivity contribution in [1.29, 1.82) is 0 Å². The van der Waals surface area contributed by atoms with Crippen molar-refractivity contribution < 1.29 is 33.3 Å². The summed E-state index contributed by atoms with van der Waals surface area (Å²) in [6.45, 7) is 0. The molecule has 1 aromatic heterocycles. The molecule has 0 radical (unpaired) electrons. The lowest BCUT2D eigenvalue weighted by Gasteiger charge is -2.17. The largest absolute Gasteiger partial charge is 0.456 e. The first-order valence-corrected chi connectivity index (χ1v) is 9.60. The highest BCUT2D eigenvalue weighted by Gasteiger charge is 2.12. The van der Waals surface area contributed by atoms with Gasteiger partial charge in [-0.3, -0.25) is 0 Å². The zero-order chi connectivity index (χ0) is 20.3. The molecule has 0 spiro atoms. The van der Waals surface area contributed by atoms with Crippen LogP contribution in [0.15, 0.2) is 77.2 Å². The molecule has 0 saturated carbocycles. The van der Waals surface area contributed by atoms with E-state index in [1.165, 1.54) is 16.1 Å². The minimum atomic E-state index is -4.94. The summed E-state index contributed by atoms with van der Waals surface area (Å²) in [6, 6.07) is 25.0. The molecule has 0 N–H and O–H groups in total. The molecule has 0 saturated heterocycles. The maximum absolute atomic E-state index is 8.49. The third-order valence-electron chi connectivity index (χ3n) is 4.17. The number of rotatable bonds is 1. The van der Waals surface area contributed by atoms with Crippen LogP contribution in [-0.2, 0) is 0 Å². The van der Waals surface area contributed by atoms with Crippen LogP contribution in [-0.4, -0.2) is 14.1 Å². The minimum absolute atomic E-state index is 0.886. The molecular weight excluding hydrogens is 382 g/mol. The maximum atomic E-state index is 8.49. The van der Waals surface area contributed by atoms with Crippen molar-refractivity contribution in [3.05, 3.63) is 78.2 Å². The quantitative estimate of drug-likeness (QED) is 0.317. The molecule has 7 heteroatoms. The Labute approximate surface area is 163 Å². The van der Waals surface area contributed by atoms with E-state index in [9.17, 15) is 0 Å². The van der Waals surface area contributed by atoms with Crippen molar-refractivity contribution in [1.82, 2.24) is 4.58 Å². The molecule has 0 amide bonds. The Bertz CT molecular complexity index is 1170. The van der Waals surface area contributed by atoms with Gasteiger partial charge in [0.25, 0.3) is 0 Å². The van der Waals surface area contributed by atoms with Crippen molar-refractivity contribution >= 4 is 21.7 Å². The van der Waals surface area contributed by atoms with Gasteiger partial charge >= 0.3 is 0 Å². The molecule has 0 unspecified atom stereocenters. The summed E-state index contributed by atoms with van der Waals surface area (Å²) >= 11 is 0. The van der Waals surface area contributed by atoms with Crippen LogP contribution in [0.2, 0.25) is 0 Å². The molecule has 144 valence electrons. The van der Waals surface area contributed by atoms with Gasteiger partial charge in [-0.05, 0) is 16.8 Å². The van der Waals surface area contributed by atoms with E-state index in [2.05, 4.69) is 73.3 Å². The normalized spacial score (nSPS) is 11.2. The van der Waals surface area contributed by atoms with Crippen molar-refractivity contribution in [3.8, 4) is 11.3 Å². The Morgan fingerprint density at radius 1 is 0.786 bits per heavy atom. The van der Waals surface area contributed by atoms with Gasteiger partial charge < -0.3 is 4.42 Å². The van der Waals surface area contributed by atoms with Crippen LogP contribution in [0.5, 0.6) is 0 Å². The Hall–Kier alpha value is -2.74. The lowest BCUT2D eigenvalue weighted by atomic mass is 10.0. The van der Waals surface area contributed by atoms with Crippen molar-refractivity contribution in [2.75, 3.05) is 14.1 Å². The molecule has 4 rings (SSSR count). The molecule has 4 aromatic rings. The van der Waals surface area contributed by atoms with Gasteiger partial charge in [0.15, 0.2) is 0 Å². The monoisotopic (exact) mass is 399 g/mol. The second-order valence-electron chi connectivity index (χ2n) is 6.29. The summed E-state index contributed by atoms with van der Waals surface area (Å²) in [5.41, 5.74) is 2.00. The van der Waals surface area contributed by atoms with Gasteiger partial charge in [0.1, 0.15) is 25.4 Å². The molecule has 0 atom stereocenters. The molecule has 28 heavy (non-hydrogen) atoms. The van der Waals surface area contributed by atoms with Crippen LogP contribution >= 0.6 is 0 Å². The fraction of sp³-hybridized carbons (Fsp3) is 0.0952. The van der Waals surface area contributed by atoms with Crippen molar-refractivity contribution in [2.24, 2.45) is 0 Å². The van der Waals surface area contributed by atoms with Crippen LogP contribution in [0.1, 0.15) is 0 Å². The fourth-order valence-electron chi connectivity index (χ4n) is 3.04. The predicted molar refractivity (Wildman–Crippen MR) is 96.3 cm³/mol. The number of hydrogen-bond acceptors (Lipinski definition) is 5. The number of halogens is 1. The third-order valence-corrected chi connectivity index (χ3v) is 4.17. The molecule has 6 nitrogen and oxygen atoms in total. The summed E-state index contributed by atoms with van der Waals surface area (Å²) in [5.74, 6) is 0.886. The van der Waals surface area contributed by atoms with E-state index < -0.39 is 10.2 Å². The summed E-state index contributed by atoms with van der Waals surface area (Å²) in [6.07, 6.45) is 0. The van der Waals surface area contributed by atoms with Gasteiger partial charge in [0.05, 0.1) is 11.5 Å². The lowest BCUT2D eigenvalue weighted by Crippen LogP contribution is -2.68. The first kappa shape index (κ1) is 20.0. The molecule has 3 aromatic carbocycles. The van der Waals surface area contributed by atoms with E-state index in [-0.39, 0.29) is 0 Å². The lowest BCUT2D eigenvalue weighted by molar-refractivity contribution is -2.00. The number of nitrogens with zero attached hydrogens (tertiary/aromatic N) is 1. The molecule has 0 aliphatic heterocycles. The first-order chi connectivity index (χ1) is 13.2. The number of fused-ring (bicyclic) bond motifs is 3. The fourth-order valence-corrected chi connectivity index (χ4v) is 3.04. The van der Waals surface area contributed by atoms with E-state index >= 15 is 0 Å². The molecular formula is C21H18ClNO5. The second kappa shape index (κ2) is 8.10. The molecule has 0 aliphatic carbocycles. The van der Waals surface area contributed by atoms with E-state index in [1.54, 1.807) is 0 Å². The zero-order valence-electron chi connectivity index (χ0n) is 15.3. The Balaban J connectivity index is 0.000000403. The molecule has 0 fully saturated rings. The minimum Gasteiger partial charge on any atom is -0.456 e. The first-order valence-electron chi connectivity index (χ1n) is 8.37. The van der Waals surface area contributed by atoms with E-state index in [0.29, 0.717) is 0 Å². The van der Waals surface area contributed by atoms with Gasteiger partial charge in [-0.25, -0.2) is 23.2 Å². The van der Waals surface area contributed by atoms with Crippen LogP contribution in [0, 0.1) is 10.2 Å². The standard InChI is InChI=1S/C21H18NO.ClHO4/c1-22(2)18-14-20(16-9-4-3-5-10-16)23-19-13-12-15-8-6-7-11-17(15)21(18)19;2-1(3,4)5/h3-14H,1-2H3;(H,2,3,4,5)/q+1;/p-1. The molecule has 0 aliphatic rings. The summed E-state index contributed by atoms with van der Waals surface area (Å²) in [4.78, 5) is 0. The third kappa shape index (κ3) is 4.75. The zero-order valence-corrected chi connectivity index (χ0v) is 16.1. The summed E-state index contributed by atoms with van der Waals surface area (Å²) in [7, 11) is -0.795. The SMILES string of the molecule is C[N+](C)=c1cc(-c2ccccc2)oc2ccc3ccccc3c12.[O-][Cl+3]([O-])([O-])[O-]. The van der Waals surface area contributed by atoms with Crippen LogP contribution in [0.25, 0.3) is 33.1 Å². The van der Waals surface area contributed by atoms with E-state index in [0.717, 1.165) is 22.3 Å². The average Bonchev–Trinajstić information content (AvgIpc) is 2.66. The van der Waals surface area contributed by atoms with E-state index in [1.807, 2.05) is 18.2 Å². The van der Waals surface area contributed by atoms with Crippen LogP contribution < -0.4 is 28.6 Å². The highest BCUT2D eigenvalue weighted by molar-refractivity contribution is 6.05. The van der Waals surface area contributed by atoms with Gasteiger partial charge in [-0.15, -0.1) is 10.2 Å². The van der Waals surface area contributed by atoms with Crippen LogP contribution in [0.4, 0.5) is 0 Å². The Kier molecular flexibility index (Phi) is 5.79. The number of benzene rings is 3. The second-order valence-corrected chi connectivity index (χ2v) is 7.05. The molecule has 1 heterocycles. The van der Waals surface area contributed by atoms with E-state index in [4.69, 9.17) is 23.1 Å².